The lowest BCUT2D eigenvalue weighted by Crippen LogP contribution is -2.39. The van der Waals surface area contributed by atoms with Gasteiger partial charge in [-0.1, -0.05) is 17.7 Å². The van der Waals surface area contributed by atoms with Gasteiger partial charge < -0.3 is 19.7 Å². The Hall–Kier alpha value is -2.88. The molecule has 10 heteroatoms. The summed E-state index contributed by atoms with van der Waals surface area (Å²) in [5.74, 6) is -0.376. The van der Waals surface area contributed by atoms with E-state index in [0.717, 1.165) is 0 Å². The van der Waals surface area contributed by atoms with Crippen LogP contribution in [0.4, 0.5) is 14.7 Å². The first kappa shape index (κ1) is 22.3. The van der Waals surface area contributed by atoms with Crippen LogP contribution in [0.25, 0.3) is 11.3 Å². The molecule has 0 bridgehead atoms. The van der Waals surface area contributed by atoms with Crippen LogP contribution >= 0.6 is 11.6 Å². The van der Waals surface area contributed by atoms with Crippen molar-refractivity contribution in [1.82, 2.24) is 14.5 Å². The maximum absolute atomic E-state index is 14.0. The van der Waals surface area contributed by atoms with Crippen LogP contribution in [0.15, 0.2) is 53.6 Å². The lowest BCUT2D eigenvalue weighted by Gasteiger charge is -2.26. The number of halogens is 3. The van der Waals surface area contributed by atoms with E-state index in [2.05, 4.69) is 15.3 Å². The van der Waals surface area contributed by atoms with Gasteiger partial charge >= 0.3 is 0 Å². The molecular weight excluding hydrogens is 442 g/mol. The Morgan fingerprint density at radius 2 is 2.16 bits per heavy atom. The van der Waals surface area contributed by atoms with Crippen molar-refractivity contribution in [3.8, 4) is 11.3 Å². The Kier molecular flexibility index (Phi) is 6.78. The van der Waals surface area contributed by atoms with Gasteiger partial charge in [0.25, 0.3) is 5.56 Å². The lowest BCUT2D eigenvalue weighted by atomic mass is 10.1. The molecule has 168 valence electrons. The van der Waals surface area contributed by atoms with Gasteiger partial charge in [-0.3, -0.25) is 4.79 Å². The molecule has 3 heterocycles. The lowest BCUT2D eigenvalue weighted by molar-refractivity contribution is 0.0284. The summed E-state index contributed by atoms with van der Waals surface area (Å²) in [7, 11) is 0. The summed E-state index contributed by atoms with van der Waals surface area (Å²) in [5.41, 5.74) is 1.01. The first-order valence-corrected chi connectivity index (χ1v) is 10.4. The van der Waals surface area contributed by atoms with Crippen molar-refractivity contribution in [3.05, 3.63) is 75.5 Å². The molecule has 3 aromatic rings. The second-order valence-electron chi connectivity index (χ2n) is 7.43. The molecule has 1 saturated heterocycles. The smallest absolute Gasteiger partial charge is 0.251 e. The number of hydrogen-bond acceptors (Lipinski definition) is 6. The molecule has 0 saturated carbocycles. The molecule has 2 N–H and O–H groups in total. The molecule has 0 aliphatic carbocycles. The summed E-state index contributed by atoms with van der Waals surface area (Å²) >= 11 is 5.73. The van der Waals surface area contributed by atoms with E-state index in [9.17, 15) is 18.7 Å². The molecule has 32 heavy (non-hydrogen) atoms. The minimum absolute atomic E-state index is 0.0269. The van der Waals surface area contributed by atoms with Crippen LogP contribution in [0.5, 0.6) is 0 Å². The van der Waals surface area contributed by atoms with E-state index in [0.29, 0.717) is 29.8 Å². The molecule has 3 atom stereocenters. The normalized spacial score (nSPS) is 19.5. The average Bonchev–Trinajstić information content (AvgIpc) is 2.79. The fourth-order valence-electron chi connectivity index (χ4n) is 3.60. The maximum atomic E-state index is 14.0. The molecule has 0 radical (unpaired) electrons. The van der Waals surface area contributed by atoms with E-state index in [1.165, 1.54) is 35.2 Å². The summed E-state index contributed by atoms with van der Waals surface area (Å²) in [6.07, 6.45) is 2.37. The molecular formula is C22H21ClF2N4O3. The van der Waals surface area contributed by atoms with Crippen molar-refractivity contribution in [2.75, 3.05) is 25.1 Å². The summed E-state index contributed by atoms with van der Waals surface area (Å²) < 4.78 is 34.3. The fourth-order valence-corrected chi connectivity index (χ4v) is 3.72. The Balaban J connectivity index is 1.59. The minimum Gasteiger partial charge on any atom is -0.394 e. The number of hydrogen-bond donors (Lipinski definition) is 2. The number of nitrogens with zero attached hydrogens (tertiary/aromatic N) is 3. The molecule has 0 spiro atoms. The highest BCUT2D eigenvalue weighted by atomic mass is 35.5. The van der Waals surface area contributed by atoms with Gasteiger partial charge in [-0.2, -0.15) is 0 Å². The van der Waals surface area contributed by atoms with Crippen molar-refractivity contribution in [1.29, 1.82) is 0 Å². The third-order valence-corrected chi connectivity index (χ3v) is 5.64. The van der Waals surface area contributed by atoms with Gasteiger partial charge in [0.05, 0.1) is 36.0 Å². The molecule has 0 amide bonds. The standard InChI is InChI=1S/C22H21ClF2N4O3/c23-15-2-1-14(9-16(15)24)20(11-30)29-7-4-13(10-21(29)31)18-3-6-26-22(27-18)28-19-5-8-32-12-17(19)25/h1-4,6-7,9-10,17,19-20,30H,5,8,11-12H2,(H,26,27,28)/t17-,19-,20?/m1/s1. The van der Waals surface area contributed by atoms with E-state index >= 15 is 0 Å². The number of rotatable bonds is 6. The Bertz CT molecular complexity index is 1160. The zero-order valence-electron chi connectivity index (χ0n) is 16.9. The topological polar surface area (TPSA) is 89.3 Å². The number of ether oxygens (including phenoxy) is 1. The third-order valence-electron chi connectivity index (χ3n) is 5.34. The molecule has 1 unspecified atom stereocenters. The quantitative estimate of drug-likeness (QED) is 0.584. The van der Waals surface area contributed by atoms with Crippen LogP contribution in [-0.2, 0) is 4.74 Å². The molecule has 7 nitrogen and oxygen atoms in total. The Morgan fingerprint density at radius 3 is 2.88 bits per heavy atom. The van der Waals surface area contributed by atoms with Crippen LogP contribution in [0.2, 0.25) is 5.02 Å². The number of nitrogens with one attached hydrogen (secondary N) is 1. The number of aliphatic hydroxyl groups excluding tert-OH is 1. The summed E-state index contributed by atoms with van der Waals surface area (Å²) in [6, 6.07) is 7.58. The number of benzene rings is 1. The Labute approximate surface area is 187 Å². The highest BCUT2D eigenvalue weighted by Gasteiger charge is 2.26. The second-order valence-corrected chi connectivity index (χ2v) is 7.84. The van der Waals surface area contributed by atoms with Gasteiger partial charge in [0, 0.05) is 30.6 Å². The zero-order chi connectivity index (χ0) is 22.7. The van der Waals surface area contributed by atoms with E-state index in [1.807, 2.05) is 0 Å². The molecule has 1 fully saturated rings. The van der Waals surface area contributed by atoms with Gasteiger partial charge in [-0.15, -0.1) is 0 Å². The highest BCUT2D eigenvalue weighted by Crippen LogP contribution is 2.24. The summed E-state index contributed by atoms with van der Waals surface area (Å²) in [5, 5.41) is 12.8. The molecule has 1 aromatic carbocycles. The monoisotopic (exact) mass is 462 g/mol. The van der Waals surface area contributed by atoms with Crippen LogP contribution < -0.4 is 10.9 Å². The molecule has 4 rings (SSSR count). The number of aromatic nitrogens is 3. The van der Waals surface area contributed by atoms with E-state index in [-0.39, 0.29) is 17.6 Å². The van der Waals surface area contributed by atoms with Gasteiger partial charge in [-0.25, -0.2) is 18.7 Å². The van der Waals surface area contributed by atoms with Crippen molar-refractivity contribution in [3.63, 3.8) is 0 Å². The predicted molar refractivity (Wildman–Crippen MR) is 116 cm³/mol. The van der Waals surface area contributed by atoms with Crippen LogP contribution in [0, 0.1) is 5.82 Å². The Morgan fingerprint density at radius 1 is 1.31 bits per heavy atom. The predicted octanol–water partition coefficient (Wildman–Crippen LogP) is 3.22. The van der Waals surface area contributed by atoms with Gasteiger partial charge in [0.1, 0.15) is 12.0 Å². The maximum Gasteiger partial charge on any atom is 0.251 e. The number of alkyl halides is 1. The molecule has 2 aromatic heterocycles. The van der Waals surface area contributed by atoms with E-state index in [4.69, 9.17) is 16.3 Å². The highest BCUT2D eigenvalue weighted by molar-refractivity contribution is 6.30. The summed E-state index contributed by atoms with van der Waals surface area (Å²) in [6.45, 7) is 0.0794. The zero-order valence-corrected chi connectivity index (χ0v) is 17.7. The fraction of sp³-hybridized carbons (Fsp3) is 0.318. The second kappa shape index (κ2) is 9.72. The van der Waals surface area contributed by atoms with Crippen molar-refractivity contribution >= 4 is 17.5 Å². The third kappa shape index (κ3) is 4.79. The van der Waals surface area contributed by atoms with Gasteiger partial charge in [0.2, 0.25) is 5.95 Å². The van der Waals surface area contributed by atoms with Crippen molar-refractivity contribution < 1.29 is 18.6 Å². The van der Waals surface area contributed by atoms with E-state index in [1.54, 1.807) is 18.2 Å². The van der Waals surface area contributed by atoms with Gasteiger partial charge in [0.15, 0.2) is 0 Å². The largest absolute Gasteiger partial charge is 0.394 e. The van der Waals surface area contributed by atoms with Crippen molar-refractivity contribution in [2.45, 2.75) is 24.7 Å². The summed E-state index contributed by atoms with van der Waals surface area (Å²) in [4.78, 5) is 21.3. The van der Waals surface area contributed by atoms with Crippen LogP contribution in [-0.4, -0.2) is 51.7 Å². The minimum atomic E-state index is -1.16. The number of pyridine rings is 1. The molecule has 1 aliphatic rings. The average molecular weight is 463 g/mol. The first-order valence-electron chi connectivity index (χ1n) is 10.1. The number of aliphatic hydroxyl groups is 1. The first-order chi connectivity index (χ1) is 15.5. The van der Waals surface area contributed by atoms with Crippen molar-refractivity contribution in [2.24, 2.45) is 0 Å². The SMILES string of the molecule is O=c1cc(-c2ccnc(N[C@@H]3CCOC[C@H]3F)n2)ccn1C(CO)c1ccc(Cl)c(F)c1. The molecule has 1 aliphatic heterocycles. The van der Waals surface area contributed by atoms with Crippen LogP contribution in [0.1, 0.15) is 18.0 Å². The number of anilines is 1. The van der Waals surface area contributed by atoms with Crippen LogP contribution in [0.3, 0.4) is 0 Å². The van der Waals surface area contributed by atoms with E-state index < -0.39 is 36.2 Å². The van der Waals surface area contributed by atoms with Gasteiger partial charge in [-0.05, 0) is 36.2 Å².